The van der Waals surface area contributed by atoms with Gasteiger partial charge in [-0.3, -0.25) is 4.79 Å². The van der Waals surface area contributed by atoms with Gasteiger partial charge in [-0.15, -0.1) is 0 Å². The molecule has 1 aromatic heterocycles. The second kappa shape index (κ2) is 13.3. The van der Waals surface area contributed by atoms with Crippen LogP contribution >= 0.6 is 35.4 Å². The first kappa shape index (κ1) is 28.9. The Kier molecular flexibility index (Phi) is 9.84. The summed E-state index contributed by atoms with van der Waals surface area (Å²) in [5.41, 5.74) is 3.05. The summed E-state index contributed by atoms with van der Waals surface area (Å²) in [7, 11) is 0. The zero-order chi connectivity index (χ0) is 27.9. The van der Waals surface area contributed by atoms with Gasteiger partial charge in [-0.05, 0) is 66.9 Å². The largest absolute Gasteiger partial charge is 0.360 e. The third kappa shape index (κ3) is 7.72. The van der Waals surface area contributed by atoms with Gasteiger partial charge in [0.05, 0.1) is 40.1 Å². The van der Waals surface area contributed by atoms with E-state index in [0.717, 1.165) is 36.2 Å². The molecule has 4 rings (SSSR count). The van der Waals surface area contributed by atoms with Crippen molar-refractivity contribution < 1.29 is 4.79 Å². The first-order valence-corrected chi connectivity index (χ1v) is 14.2. The van der Waals surface area contributed by atoms with Crippen LogP contribution in [0, 0.1) is 17.2 Å². The van der Waals surface area contributed by atoms with Crippen LogP contribution in [0.15, 0.2) is 55.0 Å². The number of amides is 1. The van der Waals surface area contributed by atoms with Crippen LogP contribution in [0.4, 0.5) is 0 Å². The monoisotopic (exact) mass is 582 g/mol. The van der Waals surface area contributed by atoms with E-state index in [1.807, 2.05) is 28.8 Å². The highest BCUT2D eigenvalue weighted by molar-refractivity contribution is 7.80. The van der Waals surface area contributed by atoms with Crippen LogP contribution in [0.1, 0.15) is 49.9 Å². The number of nitrogens with one attached hydrogen (secondary N) is 2. The molecule has 10 heteroatoms. The molecule has 1 fully saturated rings. The van der Waals surface area contributed by atoms with Crippen LogP contribution in [-0.4, -0.2) is 44.1 Å². The molecule has 0 saturated heterocycles. The lowest BCUT2D eigenvalue weighted by Crippen LogP contribution is -2.51. The highest BCUT2D eigenvalue weighted by atomic mass is 35.5. The Labute approximate surface area is 245 Å². The Morgan fingerprint density at radius 1 is 1.26 bits per heavy atom. The maximum Gasteiger partial charge on any atom is 0.226 e. The predicted molar refractivity (Wildman–Crippen MR) is 159 cm³/mol. The maximum absolute atomic E-state index is 13.3. The van der Waals surface area contributed by atoms with Crippen LogP contribution in [0.2, 0.25) is 10.0 Å². The smallest absolute Gasteiger partial charge is 0.226 e. The molecule has 0 radical (unpaired) electrons. The minimum Gasteiger partial charge on any atom is -0.360 e. The lowest BCUT2D eigenvalue weighted by Gasteiger charge is -2.33. The average molecular weight is 584 g/mol. The molecule has 2 unspecified atom stereocenters. The normalized spacial score (nSPS) is 14.2. The van der Waals surface area contributed by atoms with E-state index in [1.54, 1.807) is 30.7 Å². The summed E-state index contributed by atoms with van der Waals surface area (Å²) in [5, 5.41) is 17.4. The number of nitriles is 1. The van der Waals surface area contributed by atoms with E-state index in [1.165, 1.54) is 0 Å². The van der Waals surface area contributed by atoms with Gasteiger partial charge < -0.3 is 20.1 Å². The predicted octanol–water partition coefficient (Wildman–Crippen LogP) is 5.66. The number of hydrogen-bond donors (Lipinski definition) is 2. The fourth-order valence-corrected chi connectivity index (χ4v) is 4.97. The molecule has 204 valence electrons. The van der Waals surface area contributed by atoms with Gasteiger partial charge in [-0.25, -0.2) is 4.98 Å². The van der Waals surface area contributed by atoms with Crippen molar-refractivity contribution in [1.82, 2.24) is 25.1 Å². The van der Waals surface area contributed by atoms with Crippen molar-refractivity contribution in [2.45, 2.75) is 58.2 Å². The van der Waals surface area contributed by atoms with Crippen molar-refractivity contribution in [3.8, 4) is 11.8 Å². The molecule has 2 aromatic carbocycles. The van der Waals surface area contributed by atoms with E-state index in [2.05, 4.69) is 40.4 Å². The highest BCUT2D eigenvalue weighted by Crippen LogP contribution is 2.27. The molecule has 0 spiro atoms. The molecule has 2 atom stereocenters. The molecule has 0 aliphatic heterocycles. The molecular weight excluding hydrogens is 551 g/mol. The molecule has 1 aliphatic rings. The van der Waals surface area contributed by atoms with Crippen molar-refractivity contribution in [3.05, 3.63) is 81.9 Å². The Morgan fingerprint density at radius 2 is 2.00 bits per heavy atom. The summed E-state index contributed by atoms with van der Waals surface area (Å²) < 4.78 is 1.86. The zero-order valence-electron chi connectivity index (χ0n) is 22.0. The topological polar surface area (TPSA) is 86.0 Å². The van der Waals surface area contributed by atoms with E-state index < -0.39 is 0 Å². The van der Waals surface area contributed by atoms with Crippen molar-refractivity contribution in [2.75, 3.05) is 6.54 Å². The summed E-state index contributed by atoms with van der Waals surface area (Å²) in [4.78, 5) is 19.6. The van der Waals surface area contributed by atoms with Gasteiger partial charge >= 0.3 is 0 Å². The lowest BCUT2D eigenvalue weighted by molar-refractivity contribution is -0.121. The third-order valence-corrected chi connectivity index (χ3v) is 8.24. The summed E-state index contributed by atoms with van der Waals surface area (Å²) in [6.45, 7) is 5.25. The van der Waals surface area contributed by atoms with Gasteiger partial charge in [-0.2, -0.15) is 5.26 Å². The third-order valence-electron chi connectivity index (χ3n) is 7.01. The number of halogens is 2. The Morgan fingerprint density at radius 3 is 2.67 bits per heavy atom. The van der Waals surface area contributed by atoms with Crippen LogP contribution in [-0.2, 0) is 17.8 Å². The SMILES string of the molecule is CCC(C)C(CN(Cc1cccc(Cl)c1Cl)C(=S)NC1CC1)NC(=O)Cc1cncn1-c1ccc(C#N)cc1. The first-order valence-electron chi connectivity index (χ1n) is 13.1. The Hall–Kier alpha value is -3.12. The summed E-state index contributed by atoms with van der Waals surface area (Å²) in [5.74, 6) is 0.107. The maximum atomic E-state index is 13.3. The van der Waals surface area contributed by atoms with Gasteiger partial charge in [-0.1, -0.05) is 55.6 Å². The van der Waals surface area contributed by atoms with Gasteiger partial charge in [0.1, 0.15) is 0 Å². The summed E-state index contributed by atoms with van der Waals surface area (Å²) in [6.07, 6.45) is 6.63. The molecule has 1 aliphatic carbocycles. The first-order chi connectivity index (χ1) is 18.8. The second-order valence-electron chi connectivity index (χ2n) is 9.97. The van der Waals surface area contributed by atoms with E-state index in [0.29, 0.717) is 39.9 Å². The molecule has 7 nitrogen and oxygen atoms in total. The molecule has 1 amide bonds. The second-order valence-corrected chi connectivity index (χ2v) is 11.1. The number of carbonyl (C=O) groups excluding carboxylic acids is 1. The number of imidazole rings is 1. The van der Waals surface area contributed by atoms with E-state index >= 15 is 0 Å². The van der Waals surface area contributed by atoms with Crippen LogP contribution < -0.4 is 10.6 Å². The zero-order valence-corrected chi connectivity index (χ0v) is 24.4. The summed E-state index contributed by atoms with van der Waals surface area (Å²) in [6, 6.07) is 15.1. The molecular formula is C29H32Cl2N6OS. The van der Waals surface area contributed by atoms with Crippen molar-refractivity contribution >= 4 is 46.4 Å². The minimum atomic E-state index is -0.148. The van der Waals surface area contributed by atoms with Crippen molar-refractivity contribution in [2.24, 2.45) is 5.92 Å². The van der Waals surface area contributed by atoms with Gasteiger partial charge in [0.25, 0.3) is 0 Å². The molecule has 1 heterocycles. The standard InChI is InChI=1S/C29H32Cl2N6OS/c1-3-19(2)26(17-36(29(39)34-22-9-10-22)16-21-5-4-6-25(30)28(21)31)35-27(38)13-24-15-33-18-37(24)23-11-7-20(14-32)8-12-23/h4-8,11-12,15,18-19,22,26H,3,9-10,13,16-17H2,1-2H3,(H,34,39)(H,35,38). The van der Waals surface area contributed by atoms with Crippen molar-refractivity contribution in [1.29, 1.82) is 5.26 Å². The van der Waals surface area contributed by atoms with Crippen LogP contribution in [0.3, 0.4) is 0 Å². The van der Waals surface area contributed by atoms with Gasteiger partial charge in [0.2, 0.25) is 5.91 Å². The number of hydrogen-bond acceptors (Lipinski definition) is 4. The molecule has 1 saturated carbocycles. The quantitative estimate of drug-likeness (QED) is 0.283. The Balaban J connectivity index is 1.49. The number of aromatic nitrogens is 2. The minimum absolute atomic E-state index is 0.0995. The molecule has 39 heavy (non-hydrogen) atoms. The van der Waals surface area contributed by atoms with E-state index in [4.69, 9.17) is 40.7 Å². The highest BCUT2D eigenvalue weighted by Gasteiger charge is 2.28. The fourth-order valence-electron chi connectivity index (χ4n) is 4.28. The van der Waals surface area contributed by atoms with Gasteiger partial charge in [0.15, 0.2) is 5.11 Å². The van der Waals surface area contributed by atoms with Crippen LogP contribution in [0.25, 0.3) is 5.69 Å². The number of rotatable bonds is 11. The van der Waals surface area contributed by atoms with E-state index in [9.17, 15) is 4.79 Å². The summed E-state index contributed by atoms with van der Waals surface area (Å²) >= 11 is 18.6. The molecule has 0 bridgehead atoms. The van der Waals surface area contributed by atoms with Crippen molar-refractivity contribution in [3.63, 3.8) is 0 Å². The van der Waals surface area contributed by atoms with Crippen LogP contribution in [0.5, 0.6) is 0 Å². The fraction of sp³-hybridized carbons (Fsp3) is 0.379. The lowest BCUT2D eigenvalue weighted by atomic mass is 9.98. The van der Waals surface area contributed by atoms with Gasteiger partial charge in [0, 0.05) is 37.1 Å². The van der Waals surface area contributed by atoms with E-state index in [-0.39, 0.29) is 24.3 Å². The average Bonchev–Trinajstić information content (AvgIpc) is 3.64. The molecule has 3 aromatic rings. The number of nitrogens with zero attached hydrogens (tertiary/aromatic N) is 4. The number of carbonyl (C=O) groups is 1. The number of benzene rings is 2. The molecule has 2 N–H and O–H groups in total. The number of thiocarbonyl (C=S) groups is 1. The Bertz CT molecular complexity index is 1350.